The van der Waals surface area contributed by atoms with Crippen LogP contribution in [0.3, 0.4) is 0 Å². The Morgan fingerprint density at radius 1 is 0.766 bits per heavy atom. The summed E-state index contributed by atoms with van der Waals surface area (Å²) in [5.74, 6) is -0.677. The van der Waals surface area contributed by atoms with Crippen molar-refractivity contribution in [2.75, 3.05) is 10.8 Å². The zero-order valence-corrected chi connectivity index (χ0v) is 28.6. The maximum Gasteiger partial charge on any atom is 0.264 e. The largest absolute Gasteiger partial charge is 0.352 e. The molecular weight excluding hydrogens is 607 g/mol. The molecule has 1 saturated carbocycles. The molecule has 5 rings (SSSR count). The van der Waals surface area contributed by atoms with Gasteiger partial charge in [-0.05, 0) is 87.1 Å². The summed E-state index contributed by atoms with van der Waals surface area (Å²) in [7, 11) is -4.15. The summed E-state index contributed by atoms with van der Waals surface area (Å²) in [6.45, 7) is 7.45. The second-order valence-corrected chi connectivity index (χ2v) is 14.7. The van der Waals surface area contributed by atoms with Crippen LogP contribution in [0.25, 0.3) is 0 Å². The fourth-order valence-corrected chi connectivity index (χ4v) is 7.58. The predicted molar refractivity (Wildman–Crippen MR) is 188 cm³/mol. The number of carbonyl (C=O) groups excluding carboxylic acids is 2. The molecule has 0 radical (unpaired) electrons. The Morgan fingerprint density at radius 3 is 2.11 bits per heavy atom. The molecule has 7 nitrogen and oxygen atoms in total. The summed E-state index contributed by atoms with van der Waals surface area (Å²) >= 11 is 0. The van der Waals surface area contributed by atoms with Crippen LogP contribution >= 0.6 is 0 Å². The lowest BCUT2D eigenvalue weighted by Crippen LogP contribution is -2.54. The van der Waals surface area contributed by atoms with Crippen molar-refractivity contribution in [2.45, 2.75) is 83.3 Å². The molecular formula is C39H45N3O4S. The average molecular weight is 652 g/mol. The van der Waals surface area contributed by atoms with Crippen molar-refractivity contribution in [1.29, 1.82) is 0 Å². The van der Waals surface area contributed by atoms with E-state index in [1.54, 1.807) is 41.3 Å². The van der Waals surface area contributed by atoms with Gasteiger partial charge in [-0.1, -0.05) is 96.8 Å². The van der Waals surface area contributed by atoms with E-state index in [4.69, 9.17) is 0 Å². The summed E-state index contributed by atoms with van der Waals surface area (Å²) in [6, 6.07) is 28.8. The minimum atomic E-state index is -4.15. The molecule has 246 valence electrons. The van der Waals surface area contributed by atoms with E-state index in [0.29, 0.717) is 12.1 Å². The summed E-state index contributed by atoms with van der Waals surface area (Å²) in [4.78, 5) is 30.5. The highest BCUT2D eigenvalue weighted by molar-refractivity contribution is 7.92. The van der Waals surface area contributed by atoms with E-state index in [1.165, 1.54) is 4.31 Å². The van der Waals surface area contributed by atoms with Crippen LogP contribution in [0.15, 0.2) is 102 Å². The second-order valence-electron chi connectivity index (χ2n) is 12.8. The van der Waals surface area contributed by atoms with Crippen molar-refractivity contribution < 1.29 is 18.0 Å². The maximum atomic E-state index is 14.7. The van der Waals surface area contributed by atoms with Crippen LogP contribution in [-0.4, -0.2) is 43.8 Å². The zero-order valence-electron chi connectivity index (χ0n) is 27.8. The number of nitrogens with zero attached hydrogens (tertiary/aromatic N) is 2. The molecule has 1 atom stereocenters. The Morgan fingerprint density at radius 2 is 1.45 bits per heavy atom. The number of hydrogen-bond acceptors (Lipinski definition) is 4. The molecule has 0 unspecified atom stereocenters. The number of rotatable bonds is 12. The standard InChI is InChI=1S/C39H45N3O4S/c1-28-17-21-36(22-18-28)47(45,46)42(35-20-19-30(3)31(4)24-35)27-38(43)41(26-33-14-10-11-29(2)23-33)37(25-32-12-6-5-7-13-32)39(44)40-34-15-8-9-16-34/h5-7,10-14,17-24,34,37H,8-9,15-16,25-27H2,1-4H3,(H,40,44)/t37-/m0/s1. The maximum absolute atomic E-state index is 14.7. The Hall–Kier alpha value is -4.43. The smallest absolute Gasteiger partial charge is 0.264 e. The third kappa shape index (κ3) is 8.49. The third-order valence-corrected chi connectivity index (χ3v) is 10.9. The van der Waals surface area contributed by atoms with Gasteiger partial charge in [0.25, 0.3) is 10.0 Å². The number of sulfonamides is 1. The van der Waals surface area contributed by atoms with E-state index in [1.807, 2.05) is 88.4 Å². The Kier molecular flexibility index (Phi) is 10.8. The Labute approximate surface area is 279 Å². The molecule has 4 aromatic carbocycles. The van der Waals surface area contributed by atoms with Crippen molar-refractivity contribution in [3.8, 4) is 0 Å². The highest BCUT2D eigenvalue weighted by atomic mass is 32.2. The van der Waals surface area contributed by atoms with Gasteiger partial charge in [-0.25, -0.2) is 8.42 Å². The van der Waals surface area contributed by atoms with Crippen LogP contribution in [0, 0.1) is 27.7 Å². The van der Waals surface area contributed by atoms with Crippen LogP contribution in [0.2, 0.25) is 0 Å². The first-order valence-corrected chi connectivity index (χ1v) is 17.8. The second kappa shape index (κ2) is 15.0. The van der Waals surface area contributed by atoms with Crippen LogP contribution in [0.4, 0.5) is 5.69 Å². The fourth-order valence-electron chi connectivity index (χ4n) is 6.18. The topological polar surface area (TPSA) is 86.8 Å². The van der Waals surface area contributed by atoms with E-state index in [0.717, 1.165) is 59.1 Å². The highest BCUT2D eigenvalue weighted by Gasteiger charge is 2.35. The van der Waals surface area contributed by atoms with Crippen molar-refractivity contribution in [2.24, 2.45) is 0 Å². The van der Waals surface area contributed by atoms with Gasteiger partial charge in [-0.2, -0.15) is 0 Å². The van der Waals surface area contributed by atoms with Gasteiger partial charge < -0.3 is 10.2 Å². The molecule has 0 heterocycles. The molecule has 0 spiro atoms. The molecule has 1 N–H and O–H groups in total. The van der Waals surface area contributed by atoms with E-state index in [2.05, 4.69) is 5.32 Å². The minimum Gasteiger partial charge on any atom is -0.352 e. The summed E-state index contributed by atoms with van der Waals surface area (Å²) < 4.78 is 29.8. The van der Waals surface area contributed by atoms with Gasteiger partial charge >= 0.3 is 0 Å². The van der Waals surface area contributed by atoms with Gasteiger partial charge in [0, 0.05) is 19.0 Å². The van der Waals surface area contributed by atoms with Gasteiger partial charge in [-0.15, -0.1) is 0 Å². The Balaban J connectivity index is 1.58. The normalized spacial score (nSPS) is 14.0. The van der Waals surface area contributed by atoms with Crippen molar-refractivity contribution in [3.05, 3.63) is 130 Å². The molecule has 8 heteroatoms. The Bertz CT molecular complexity index is 1800. The molecule has 1 aliphatic rings. The van der Waals surface area contributed by atoms with Gasteiger partial charge in [0.15, 0.2) is 0 Å². The number of hydrogen-bond donors (Lipinski definition) is 1. The lowest BCUT2D eigenvalue weighted by Gasteiger charge is -2.34. The van der Waals surface area contributed by atoms with Gasteiger partial charge in [-0.3, -0.25) is 13.9 Å². The van der Waals surface area contributed by atoms with Crippen LogP contribution in [0.5, 0.6) is 0 Å². The summed E-state index contributed by atoms with van der Waals surface area (Å²) in [5.41, 5.74) is 6.06. The molecule has 0 aromatic heterocycles. The molecule has 0 bridgehead atoms. The first-order chi connectivity index (χ1) is 22.5. The quantitative estimate of drug-likeness (QED) is 0.182. The minimum absolute atomic E-state index is 0.0608. The van der Waals surface area contributed by atoms with E-state index in [9.17, 15) is 18.0 Å². The van der Waals surface area contributed by atoms with E-state index < -0.39 is 28.5 Å². The lowest BCUT2D eigenvalue weighted by atomic mass is 10.0. The molecule has 47 heavy (non-hydrogen) atoms. The van der Waals surface area contributed by atoms with Crippen molar-refractivity contribution in [3.63, 3.8) is 0 Å². The number of carbonyl (C=O) groups is 2. The van der Waals surface area contributed by atoms with E-state index in [-0.39, 0.29) is 23.4 Å². The van der Waals surface area contributed by atoms with Gasteiger partial charge in [0.05, 0.1) is 10.6 Å². The van der Waals surface area contributed by atoms with Crippen LogP contribution in [0.1, 0.15) is 59.1 Å². The van der Waals surface area contributed by atoms with Crippen LogP contribution in [-0.2, 0) is 32.6 Å². The average Bonchev–Trinajstić information content (AvgIpc) is 3.56. The number of benzene rings is 4. The van der Waals surface area contributed by atoms with Crippen molar-refractivity contribution >= 4 is 27.5 Å². The number of aryl methyl sites for hydroxylation is 4. The zero-order chi connectivity index (χ0) is 33.6. The summed E-state index contributed by atoms with van der Waals surface area (Å²) in [5, 5.41) is 3.23. The first-order valence-electron chi connectivity index (χ1n) is 16.4. The molecule has 1 aliphatic carbocycles. The van der Waals surface area contributed by atoms with E-state index >= 15 is 0 Å². The number of nitrogens with one attached hydrogen (secondary N) is 1. The number of amides is 2. The predicted octanol–water partition coefficient (Wildman–Crippen LogP) is 6.81. The summed E-state index contributed by atoms with van der Waals surface area (Å²) in [6.07, 6.45) is 4.23. The molecule has 4 aromatic rings. The molecule has 2 amide bonds. The van der Waals surface area contributed by atoms with Crippen LogP contribution < -0.4 is 9.62 Å². The highest BCUT2D eigenvalue weighted by Crippen LogP contribution is 2.27. The molecule has 1 fully saturated rings. The van der Waals surface area contributed by atoms with Gasteiger partial charge in [0.2, 0.25) is 11.8 Å². The van der Waals surface area contributed by atoms with Crippen molar-refractivity contribution in [1.82, 2.24) is 10.2 Å². The SMILES string of the molecule is Cc1ccc(S(=O)(=O)N(CC(=O)N(Cc2cccc(C)c2)[C@@H](Cc2ccccc2)C(=O)NC2CCCC2)c2ccc(C)c(C)c2)cc1. The lowest BCUT2D eigenvalue weighted by molar-refractivity contribution is -0.140. The molecule has 0 aliphatic heterocycles. The first kappa shape index (κ1) is 33.9. The third-order valence-electron chi connectivity index (χ3n) is 9.07. The van der Waals surface area contributed by atoms with Gasteiger partial charge in [0.1, 0.15) is 12.6 Å². The monoisotopic (exact) mass is 651 g/mol. The number of anilines is 1. The molecule has 0 saturated heterocycles. The fraction of sp³-hybridized carbons (Fsp3) is 0.333.